The Labute approximate surface area is 130 Å². The summed E-state index contributed by atoms with van der Waals surface area (Å²) >= 11 is 0. The van der Waals surface area contributed by atoms with E-state index in [2.05, 4.69) is 15.0 Å². The lowest BCUT2D eigenvalue weighted by Gasteiger charge is -2.18. The van der Waals surface area contributed by atoms with Crippen molar-refractivity contribution in [3.8, 4) is 0 Å². The molecular weight excluding hydrogens is 309 g/mol. The number of amides is 1. The van der Waals surface area contributed by atoms with Crippen LogP contribution in [-0.2, 0) is 17.5 Å². The Morgan fingerprint density at radius 2 is 2.22 bits per heavy atom. The standard InChI is InChI=1S/C15H17F3N4O/c1-2-3-9-4-5-22(14(9)23)7-10-6-11(15(16,17)18)21-13-12(10)19-8-20-13/h6,8-9H,2-5,7H2,1H3,(H,19,20,21). The molecule has 23 heavy (non-hydrogen) atoms. The van der Waals surface area contributed by atoms with Gasteiger partial charge in [-0.05, 0) is 18.9 Å². The van der Waals surface area contributed by atoms with Crippen LogP contribution < -0.4 is 0 Å². The van der Waals surface area contributed by atoms with Gasteiger partial charge in [0, 0.05) is 24.6 Å². The normalized spacial score (nSPS) is 19.0. The van der Waals surface area contributed by atoms with E-state index in [1.807, 2.05) is 6.92 Å². The van der Waals surface area contributed by atoms with Gasteiger partial charge in [0.2, 0.25) is 5.91 Å². The molecule has 0 bridgehead atoms. The molecule has 1 aliphatic rings. The van der Waals surface area contributed by atoms with Crippen LogP contribution in [-0.4, -0.2) is 32.3 Å². The number of hydrogen-bond donors (Lipinski definition) is 1. The monoisotopic (exact) mass is 326 g/mol. The highest BCUT2D eigenvalue weighted by Gasteiger charge is 2.35. The zero-order valence-electron chi connectivity index (χ0n) is 12.7. The third kappa shape index (κ3) is 3.02. The van der Waals surface area contributed by atoms with Gasteiger partial charge in [-0.15, -0.1) is 0 Å². The van der Waals surface area contributed by atoms with Crippen molar-refractivity contribution in [2.45, 2.75) is 38.9 Å². The number of pyridine rings is 1. The smallest absolute Gasteiger partial charge is 0.343 e. The topological polar surface area (TPSA) is 61.9 Å². The number of nitrogens with zero attached hydrogens (tertiary/aromatic N) is 3. The zero-order valence-corrected chi connectivity index (χ0v) is 12.7. The summed E-state index contributed by atoms with van der Waals surface area (Å²) in [5.41, 5.74) is -0.120. The lowest BCUT2D eigenvalue weighted by molar-refractivity contribution is -0.141. The van der Waals surface area contributed by atoms with Crippen molar-refractivity contribution in [2.75, 3.05) is 6.54 Å². The van der Waals surface area contributed by atoms with E-state index in [0.717, 1.165) is 25.3 Å². The van der Waals surface area contributed by atoms with Crippen molar-refractivity contribution in [2.24, 2.45) is 5.92 Å². The molecule has 0 aliphatic carbocycles. The van der Waals surface area contributed by atoms with Gasteiger partial charge in [0.05, 0.1) is 11.8 Å². The average molecular weight is 326 g/mol. The van der Waals surface area contributed by atoms with Gasteiger partial charge in [0.15, 0.2) is 5.65 Å². The van der Waals surface area contributed by atoms with Gasteiger partial charge in [0.25, 0.3) is 0 Å². The summed E-state index contributed by atoms with van der Waals surface area (Å²) in [6, 6.07) is 1.00. The molecule has 8 heteroatoms. The molecule has 0 aromatic carbocycles. The third-order valence-electron chi connectivity index (χ3n) is 4.17. The maximum absolute atomic E-state index is 13.0. The van der Waals surface area contributed by atoms with Gasteiger partial charge in [0.1, 0.15) is 5.69 Å². The number of likely N-dealkylation sites (tertiary alicyclic amines) is 1. The van der Waals surface area contributed by atoms with Crippen LogP contribution >= 0.6 is 0 Å². The molecule has 1 amide bonds. The van der Waals surface area contributed by atoms with Crippen molar-refractivity contribution >= 4 is 17.1 Å². The maximum Gasteiger partial charge on any atom is 0.433 e. The molecular formula is C15H17F3N4O. The zero-order chi connectivity index (χ0) is 16.6. The Morgan fingerprint density at radius 1 is 1.43 bits per heavy atom. The summed E-state index contributed by atoms with van der Waals surface area (Å²) in [6.07, 6.45) is -0.730. The number of halogens is 3. The number of carbonyl (C=O) groups excluding carboxylic acids is 1. The summed E-state index contributed by atoms with van der Waals surface area (Å²) in [5, 5.41) is 0. The Kier molecular flexibility index (Phi) is 3.99. The first-order valence-electron chi connectivity index (χ1n) is 7.59. The Morgan fingerprint density at radius 3 is 2.91 bits per heavy atom. The first kappa shape index (κ1) is 15.8. The molecule has 1 N–H and O–H groups in total. The fraction of sp³-hybridized carbons (Fsp3) is 0.533. The molecule has 1 aliphatic heterocycles. The van der Waals surface area contributed by atoms with Gasteiger partial charge in [-0.25, -0.2) is 9.97 Å². The first-order valence-corrected chi connectivity index (χ1v) is 7.59. The highest BCUT2D eigenvalue weighted by molar-refractivity contribution is 5.82. The third-order valence-corrected chi connectivity index (χ3v) is 4.17. The molecule has 1 atom stereocenters. The van der Waals surface area contributed by atoms with Crippen molar-refractivity contribution < 1.29 is 18.0 Å². The second-order valence-corrected chi connectivity index (χ2v) is 5.80. The summed E-state index contributed by atoms with van der Waals surface area (Å²) in [5.74, 6) is 0.00562. The molecule has 0 spiro atoms. The SMILES string of the molecule is CCCC1CCN(Cc2cc(C(F)(F)F)nc3nc[nH]c23)C1=O. The molecule has 2 aromatic rings. The molecule has 3 heterocycles. The number of alkyl halides is 3. The molecule has 1 unspecified atom stereocenters. The van der Waals surface area contributed by atoms with E-state index in [-0.39, 0.29) is 24.0 Å². The molecule has 3 rings (SSSR count). The Bertz CT molecular complexity index is 725. The lowest BCUT2D eigenvalue weighted by atomic mass is 10.0. The minimum absolute atomic E-state index is 0.0128. The van der Waals surface area contributed by atoms with Gasteiger partial charge in [-0.1, -0.05) is 13.3 Å². The molecule has 2 aromatic heterocycles. The van der Waals surface area contributed by atoms with Crippen LogP contribution in [0.15, 0.2) is 12.4 Å². The molecule has 1 saturated heterocycles. The number of hydrogen-bond acceptors (Lipinski definition) is 3. The fourth-order valence-electron chi connectivity index (χ4n) is 3.04. The van der Waals surface area contributed by atoms with Crippen LogP contribution in [0.2, 0.25) is 0 Å². The average Bonchev–Trinajstić information content (AvgIpc) is 3.08. The lowest BCUT2D eigenvalue weighted by Crippen LogP contribution is -2.27. The van der Waals surface area contributed by atoms with Gasteiger partial charge < -0.3 is 9.88 Å². The summed E-state index contributed by atoms with van der Waals surface area (Å²) in [7, 11) is 0. The number of aromatic amines is 1. The molecule has 124 valence electrons. The van der Waals surface area contributed by atoms with Crippen LogP contribution in [0.3, 0.4) is 0 Å². The summed E-state index contributed by atoms with van der Waals surface area (Å²) in [4.78, 5) is 24.1. The number of rotatable bonds is 4. The molecule has 1 fully saturated rings. The van der Waals surface area contributed by atoms with E-state index in [1.54, 1.807) is 4.90 Å². The van der Waals surface area contributed by atoms with Crippen LogP contribution in [0.5, 0.6) is 0 Å². The van der Waals surface area contributed by atoms with E-state index in [0.29, 0.717) is 17.6 Å². The molecule has 0 saturated carbocycles. The summed E-state index contributed by atoms with van der Waals surface area (Å²) in [6.45, 7) is 2.73. The van der Waals surface area contributed by atoms with E-state index in [9.17, 15) is 18.0 Å². The molecule has 0 radical (unpaired) electrons. The van der Waals surface area contributed by atoms with Gasteiger partial charge in [-0.3, -0.25) is 4.79 Å². The highest BCUT2D eigenvalue weighted by atomic mass is 19.4. The number of carbonyl (C=O) groups is 1. The quantitative estimate of drug-likeness (QED) is 0.939. The van der Waals surface area contributed by atoms with E-state index in [1.165, 1.54) is 6.33 Å². The predicted octanol–water partition coefficient (Wildman–Crippen LogP) is 3.13. The van der Waals surface area contributed by atoms with Gasteiger partial charge in [-0.2, -0.15) is 13.2 Å². The number of imidazole rings is 1. The number of aromatic nitrogens is 3. The molecule has 5 nitrogen and oxygen atoms in total. The van der Waals surface area contributed by atoms with E-state index < -0.39 is 11.9 Å². The van der Waals surface area contributed by atoms with Crippen LogP contribution in [0.25, 0.3) is 11.2 Å². The Hall–Kier alpha value is -2.12. The summed E-state index contributed by atoms with van der Waals surface area (Å²) < 4.78 is 38.9. The fourth-order valence-corrected chi connectivity index (χ4v) is 3.04. The minimum atomic E-state index is -4.54. The van der Waals surface area contributed by atoms with Crippen molar-refractivity contribution in [1.82, 2.24) is 19.9 Å². The number of H-pyrrole nitrogens is 1. The van der Waals surface area contributed by atoms with Crippen LogP contribution in [0, 0.1) is 5.92 Å². The van der Waals surface area contributed by atoms with Gasteiger partial charge >= 0.3 is 6.18 Å². The Balaban J connectivity index is 1.91. The highest BCUT2D eigenvalue weighted by Crippen LogP contribution is 2.31. The van der Waals surface area contributed by atoms with E-state index >= 15 is 0 Å². The van der Waals surface area contributed by atoms with Crippen LogP contribution in [0.4, 0.5) is 13.2 Å². The van der Waals surface area contributed by atoms with Crippen LogP contribution in [0.1, 0.15) is 37.4 Å². The number of nitrogens with one attached hydrogen (secondary N) is 1. The maximum atomic E-state index is 13.0. The minimum Gasteiger partial charge on any atom is -0.343 e. The first-order chi connectivity index (χ1) is 10.9. The van der Waals surface area contributed by atoms with Crippen molar-refractivity contribution in [1.29, 1.82) is 0 Å². The second kappa shape index (κ2) is 5.82. The van der Waals surface area contributed by atoms with Crippen molar-refractivity contribution in [3.63, 3.8) is 0 Å². The largest absolute Gasteiger partial charge is 0.433 e. The second-order valence-electron chi connectivity index (χ2n) is 5.80. The van der Waals surface area contributed by atoms with Crippen molar-refractivity contribution in [3.05, 3.63) is 23.7 Å². The predicted molar refractivity (Wildman–Crippen MR) is 77.3 cm³/mol. The number of fused-ring (bicyclic) bond motifs is 1. The van der Waals surface area contributed by atoms with E-state index in [4.69, 9.17) is 0 Å².